The first-order valence-corrected chi connectivity index (χ1v) is 9.02. The van der Waals surface area contributed by atoms with E-state index in [1.807, 2.05) is 22.4 Å². The monoisotopic (exact) mass is 330 g/mol. The van der Waals surface area contributed by atoms with Gasteiger partial charge in [-0.15, -0.1) is 0 Å². The van der Waals surface area contributed by atoms with Crippen LogP contribution in [0.4, 0.5) is 10.5 Å². The SMILES string of the molecule is CCCN(Cc1ccsc1)C(=O)Nc1ccc(C(C)(C)C)cc1. The molecule has 0 bridgehead atoms. The Kier molecular flexibility index (Phi) is 5.83. The van der Waals surface area contributed by atoms with Crippen LogP contribution >= 0.6 is 11.3 Å². The lowest BCUT2D eigenvalue weighted by molar-refractivity contribution is 0.209. The van der Waals surface area contributed by atoms with E-state index in [1.165, 1.54) is 11.1 Å². The van der Waals surface area contributed by atoms with Gasteiger partial charge in [0.15, 0.2) is 0 Å². The molecule has 0 radical (unpaired) electrons. The number of benzene rings is 1. The number of amides is 2. The maximum atomic E-state index is 12.5. The zero-order chi connectivity index (χ0) is 16.9. The van der Waals surface area contributed by atoms with E-state index >= 15 is 0 Å². The van der Waals surface area contributed by atoms with Gasteiger partial charge in [-0.2, -0.15) is 11.3 Å². The summed E-state index contributed by atoms with van der Waals surface area (Å²) in [6.45, 7) is 10.1. The fourth-order valence-electron chi connectivity index (χ4n) is 2.38. The Morgan fingerprint density at radius 1 is 1.17 bits per heavy atom. The Labute approximate surface area is 143 Å². The van der Waals surface area contributed by atoms with Crippen LogP contribution in [0.5, 0.6) is 0 Å². The average Bonchev–Trinajstić information content (AvgIpc) is 2.99. The van der Waals surface area contributed by atoms with Crippen LogP contribution < -0.4 is 5.32 Å². The third-order valence-electron chi connectivity index (χ3n) is 3.74. The van der Waals surface area contributed by atoms with Gasteiger partial charge in [-0.25, -0.2) is 4.79 Å². The van der Waals surface area contributed by atoms with Crippen molar-refractivity contribution in [3.8, 4) is 0 Å². The maximum Gasteiger partial charge on any atom is 0.322 e. The standard InChI is InChI=1S/C19H26N2OS/c1-5-11-21(13-15-10-12-23-14-15)18(22)20-17-8-6-16(7-9-17)19(2,3)4/h6-10,12,14H,5,11,13H2,1-4H3,(H,20,22). The summed E-state index contributed by atoms with van der Waals surface area (Å²) in [4.78, 5) is 14.4. The first kappa shape index (κ1) is 17.5. The summed E-state index contributed by atoms with van der Waals surface area (Å²) in [6, 6.07) is 10.2. The second kappa shape index (κ2) is 7.64. The van der Waals surface area contributed by atoms with E-state index in [4.69, 9.17) is 0 Å². The predicted molar refractivity (Wildman–Crippen MR) is 99.2 cm³/mol. The van der Waals surface area contributed by atoms with E-state index in [0.29, 0.717) is 6.54 Å². The van der Waals surface area contributed by atoms with E-state index in [9.17, 15) is 4.79 Å². The topological polar surface area (TPSA) is 32.3 Å². The molecule has 3 nitrogen and oxygen atoms in total. The molecule has 124 valence electrons. The molecule has 0 saturated heterocycles. The molecule has 0 fully saturated rings. The van der Waals surface area contributed by atoms with Gasteiger partial charge in [-0.1, -0.05) is 39.8 Å². The quantitative estimate of drug-likeness (QED) is 0.772. The molecule has 0 unspecified atom stereocenters. The molecule has 0 aliphatic heterocycles. The molecule has 0 atom stereocenters. The molecule has 0 saturated carbocycles. The number of nitrogens with one attached hydrogen (secondary N) is 1. The van der Waals surface area contributed by atoms with E-state index < -0.39 is 0 Å². The van der Waals surface area contributed by atoms with Gasteiger partial charge in [-0.05, 0) is 51.9 Å². The predicted octanol–water partition coefficient (Wildman–Crippen LogP) is 5.49. The van der Waals surface area contributed by atoms with Crippen LogP contribution in [0.2, 0.25) is 0 Å². The first-order chi connectivity index (χ1) is 10.9. The molecule has 2 aromatic rings. The lowest BCUT2D eigenvalue weighted by atomic mass is 9.87. The highest BCUT2D eigenvalue weighted by Crippen LogP contribution is 2.23. The zero-order valence-corrected chi connectivity index (χ0v) is 15.2. The van der Waals surface area contributed by atoms with Gasteiger partial charge < -0.3 is 10.2 Å². The molecule has 1 N–H and O–H groups in total. The van der Waals surface area contributed by atoms with Crippen molar-refractivity contribution in [3.05, 3.63) is 52.2 Å². The van der Waals surface area contributed by atoms with E-state index in [0.717, 1.165) is 18.7 Å². The molecule has 2 amide bonds. The summed E-state index contributed by atoms with van der Waals surface area (Å²) < 4.78 is 0. The van der Waals surface area contributed by atoms with E-state index in [-0.39, 0.29) is 11.4 Å². The van der Waals surface area contributed by atoms with Crippen molar-refractivity contribution in [2.24, 2.45) is 0 Å². The second-order valence-electron chi connectivity index (χ2n) is 6.81. The summed E-state index contributed by atoms with van der Waals surface area (Å²) in [5, 5.41) is 7.14. The molecular weight excluding hydrogens is 304 g/mol. The van der Waals surface area contributed by atoms with Crippen LogP contribution in [0.25, 0.3) is 0 Å². The summed E-state index contributed by atoms with van der Waals surface area (Å²) >= 11 is 1.66. The van der Waals surface area contributed by atoms with Crippen molar-refractivity contribution < 1.29 is 4.79 Å². The number of hydrogen-bond acceptors (Lipinski definition) is 2. The van der Waals surface area contributed by atoms with Gasteiger partial charge in [-0.3, -0.25) is 0 Å². The fraction of sp³-hybridized carbons (Fsp3) is 0.421. The molecule has 0 aliphatic carbocycles. The second-order valence-corrected chi connectivity index (χ2v) is 7.59. The fourth-order valence-corrected chi connectivity index (χ4v) is 3.04. The third-order valence-corrected chi connectivity index (χ3v) is 4.47. The van der Waals surface area contributed by atoms with Gasteiger partial charge in [0.2, 0.25) is 0 Å². The molecule has 2 rings (SSSR count). The van der Waals surface area contributed by atoms with Gasteiger partial charge >= 0.3 is 6.03 Å². The average molecular weight is 330 g/mol. The van der Waals surface area contributed by atoms with Crippen molar-refractivity contribution >= 4 is 23.1 Å². The number of carbonyl (C=O) groups is 1. The smallest absolute Gasteiger partial charge is 0.320 e. The van der Waals surface area contributed by atoms with Crippen molar-refractivity contribution in [2.75, 3.05) is 11.9 Å². The molecular formula is C19H26N2OS. The largest absolute Gasteiger partial charge is 0.322 e. The Bertz CT molecular complexity index is 612. The zero-order valence-electron chi connectivity index (χ0n) is 14.4. The highest BCUT2D eigenvalue weighted by atomic mass is 32.1. The van der Waals surface area contributed by atoms with Crippen molar-refractivity contribution in [3.63, 3.8) is 0 Å². The number of thiophene rings is 1. The van der Waals surface area contributed by atoms with Crippen LogP contribution in [0.3, 0.4) is 0 Å². The highest BCUT2D eigenvalue weighted by Gasteiger charge is 2.15. The van der Waals surface area contributed by atoms with Crippen LogP contribution in [-0.2, 0) is 12.0 Å². The molecule has 4 heteroatoms. The summed E-state index contributed by atoms with van der Waals surface area (Å²) in [5.74, 6) is 0. The van der Waals surface area contributed by atoms with Gasteiger partial charge in [0.25, 0.3) is 0 Å². The molecule has 1 heterocycles. The van der Waals surface area contributed by atoms with E-state index in [1.54, 1.807) is 11.3 Å². The number of carbonyl (C=O) groups excluding carboxylic acids is 1. The number of rotatable bonds is 5. The van der Waals surface area contributed by atoms with Crippen LogP contribution in [0.15, 0.2) is 41.1 Å². The van der Waals surface area contributed by atoms with Crippen LogP contribution in [-0.4, -0.2) is 17.5 Å². The summed E-state index contributed by atoms with van der Waals surface area (Å²) in [6.07, 6.45) is 0.945. The summed E-state index contributed by atoms with van der Waals surface area (Å²) in [5.41, 5.74) is 3.41. The molecule has 23 heavy (non-hydrogen) atoms. The maximum absolute atomic E-state index is 12.5. The summed E-state index contributed by atoms with van der Waals surface area (Å²) in [7, 11) is 0. The normalized spacial score (nSPS) is 11.3. The molecule has 1 aromatic heterocycles. The van der Waals surface area contributed by atoms with Crippen molar-refractivity contribution in [2.45, 2.75) is 46.1 Å². The van der Waals surface area contributed by atoms with Crippen molar-refractivity contribution in [1.29, 1.82) is 0 Å². The lowest BCUT2D eigenvalue weighted by Crippen LogP contribution is -2.35. The first-order valence-electron chi connectivity index (χ1n) is 8.07. The molecule has 0 spiro atoms. The minimum Gasteiger partial charge on any atom is -0.320 e. The Morgan fingerprint density at radius 2 is 1.87 bits per heavy atom. The Morgan fingerprint density at radius 3 is 2.39 bits per heavy atom. The molecule has 0 aliphatic rings. The lowest BCUT2D eigenvalue weighted by Gasteiger charge is -2.23. The number of anilines is 1. The van der Waals surface area contributed by atoms with Crippen LogP contribution in [0.1, 0.15) is 45.2 Å². The minimum absolute atomic E-state index is 0.0402. The van der Waals surface area contributed by atoms with Crippen LogP contribution in [0, 0.1) is 0 Å². The molecule has 1 aromatic carbocycles. The van der Waals surface area contributed by atoms with Gasteiger partial charge in [0.1, 0.15) is 0 Å². The number of nitrogens with zero attached hydrogens (tertiary/aromatic N) is 1. The number of urea groups is 1. The highest BCUT2D eigenvalue weighted by molar-refractivity contribution is 7.07. The minimum atomic E-state index is -0.0402. The van der Waals surface area contributed by atoms with Gasteiger partial charge in [0.05, 0.1) is 0 Å². The third kappa shape index (κ3) is 5.10. The van der Waals surface area contributed by atoms with Gasteiger partial charge in [0, 0.05) is 18.8 Å². The Balaban J connectivity index is 2.03. The van der Waals surface area contributed by atoms with E-state index in [2.05, 4.69) is 56.6 Å². The Hall–Kier alpha value is -1.81. The number of hydrogen-bond donors (Lipinski definition) is 1. The van der Waals surface area contributed by atoms with Crippen molar-refractivity contribution in [1.82, 2.24) is 4.90 Å².